The van der Waals surface area contributed by atoms with Crippen molar-refractivity contribution in [3.8, 4) is 0 Å². The van der Waals surface area contributed by atoms with Crippen LogP contribution in [0.4, 0.5) is 0 Å². The number of thioether (sulfide) groups is 1. The van der Waals surface area contributed by atoms with Crippen molar-refractivity contribution in [1.29, 1.82) is 0 Å². The molecule has 0 aromatic heterocycles. The maximum Gasteiger partial charge on any atom is 0.326 e. The van der Waals surface area contributed by atoms with Crippen LogP contribution in [0.25, 0.3) is 0 Å². The summed E-state index contributed by atoms with van der Waals surface area (Å²) in [5.41, 5.74) is 5.65. The van der Waals surface area contributed by atoms with Gasteiger partial charge in [0.1, 0.15) is 18.1 Å². The van der Waals surface area contributed by atoms with Crippen LogP contribution in [0.1, 0.15) is 46.5 Å². The number of hydrogen-bond donors (Lipinski definition) is 7. The second kappa shape index (κ2) is 15.5. The van der Waals surface area contributed by atoms with E-state index in [1.807, 2.05) is 0 Å². The van der Waals surface area contributed by atoms with Crippen LogP contribution in [0.5, 0.6) is 0 Å². The second-order valence-corrected chi connectivity index (χ2v) is 8.80. The van der Waals surface area contributed by atoms with Crippen molar-refractivity contribution < 1.29 is 39.3 Å². The van der Waals surface area contributed by atoms with E-state index in [9.17, 15) is 34.2 Å². The first-order valence-corrected chi connectivity index (χ1v) is 12.0. The normalized spacial score (nSPS) is 16.4. The van der Waals surface area contributed by atoms with Crippen LogP contribution < -0.4 is 21.7 Å². The molecule has 0 heterocycles. The standard InChI is InChI=1S/C20H36N4O8S/c1-5-10(2)15(18(29)22-13(20(31)32)8-9-33-4)23-19(30)16(11(3)25)24-17(28)12(21)6-7-14(26)27/h10-13,15-16,25H,5-9,21H2,1-4H3,(H,22,29)(H,23,30)(H,24,28)(H,26,27)(H,31,32). The third-order valence-electron chi connectivity index (χ3n) is 5.09. The number of aliphatic hydroxyl groups excluding tert-OH is 1. The molecule has 3 amide bonds. The topological polar surface area (TPSA) is 208 Å². The van der Waals surface area contributed by atoms with E-state index >= 15 is 0 Å². The molecule has 13 heteroatoms. The van der Waals surface area contributed by atoms with Crippen molar-refractivity contribution in [3.05, 3.63) is 0 Å². The minimum atomic E-state index is -1.46. The van der Waals surface area contributed by atoms with Crippen molar-refractivity contribution in [2.45, 2.75) is 76.7 Å². The molecule has 0 radical (unpaired) electrons. The smallest absolute Gasteiger partial charge is 0.326 e. The highest BCUT2D eigenvalue weighted by Crippen LogP contribution is 2.11. The summed E-state index contributed by atoms with van der Waals surface area (Å²) in [6.45, 7) is 4.74. The predicted octanol–water partition coefficient (Wildman–Crippen LogP) is -1.10. The van der Waals surface area contributed by atoms with Gasteiger partial charge in [-0.05, 0) is 37.7 Å². The van der Waals surface area contributed by atoms with E-state index in [0.717, 1.165) is 0 Å². The first-order chi connectivity index (χ1) is 15.3. The summed E-state index contributed by atoms with van der Waals surface area (Å²) in [6, 6.07) is -4.92. The highest BCUT2D eigenvalue weighted by molar-refractivity contribution is 7.98. The zero-order valence-corrected chi connectivity index (χ0v) is 20.2. The Morgan fingerprint density at radius 3 is 1.91 bits per heavy atom. The Morgan fingerprint density at radius 1 is 0.909 bits per heavy atom. The van der Waals surface area contributed by atoms with Crippen molar-refractivity contribution in [3.63, 3.8) is 0 Å². The quantitative estimate of drug-likeness (QED) is 0.138. The average molecular weight is 493 g/mol. The molecule has 6 unspecified atom stereocenters. The first kappa shape index (κ1) is 30.6. The fourth-order valence-corrected chi connectivity index (χ4v) is 3.25. The number of nitrogens with two attached hydrogens (primary N) is 1. The van der Waals surface area contributed by atoms with Gasteiger partial charge >= 0.3 is 11.9 Å². The summed E-state index contributed by atoms with van der Waals surface area (Å²) < 4.78 is 0. The SMILES string of the molecule is CCC(C)C(NC(=O)C(NC(=O)C(N)CCC(=O)O)C(C)O)C(=O)NC(CCSC)C(=O)O. The van der Waals surface area contributed by atoms with Gasteiger partial charge in [-0.25, -0.2) is 4.79 Å². The molecule has 0 aromatic rings. The molecule has 0 spiro atoms. The maximum atomic E-state index is 12.8. The van der Waals surface area contributed by atoms with Gasteiger partial charge in [0.05, 0.1) is 12.1 Å². The molecular weight excluding hydrogens is 456 g/mol. The molecule has 0 aliphatic rings. The van der Waals surface area contributed by atoms with Crippen LogP contribution in [0, 0.1) is 5.92 Å². The van der Waals surface area contributed by atoms with Gasteiger partial charge in [0.15, 0.2) is 0 Å². The van der Waals surface area contributed by atoms with Crippen molar-refractivity contribution in [2.75, 3.05) is 12.0 Å². The molecular formula is C20H36N4O8S. The molecule has 12 nitrogen and oxygen atoms in total. The third kappa shape index (κ3) is 11.3. The third-order valence-corrected chi connectivity index (χ3v) is 5.73. The van der Waals surface area contributed by atoms with Crippen molar-refractivity contribution in [2.24, 2.45) is 11.7 Å². The lowest BCUT2D eigenvalue weighted by Crippen LogP contribution is -2.61. The lowest BCUT2D eigenvalue weighted by Gasteiger charge is -2.29. The number of carboxylic acids is 2. The highest BCUT2D eigenvalue weighted by atomic mass is 32.2. The summed E-state index contributed by atoms with van der Waals surface area (Å²) in [7, 11) is 0. The van der Waals surface area contributed by atoms with E-state index in [-0.39, 0.29) is 25.2 Å². The number of nitrogens with one attached hydrogen (secondary N) is 3. The Kier molecular flexibility index (Phi) is 14.3. The Labute approximate surface area is 197 Å². The molecule has 6 atom stereocenters. The van der Waals surface area contributed by atoms with Gasteiger partial charge in [-0.3, -0.25) is 19.2 Å². The molecule has 33 heavy (non-hydrogen) atoms. The number of carbonyl (C=O) groups excluding carboxylic acids is 3. The molecule has 8 N–H and O–H groups in total. The minimum Gasteiger partial charge on any atom is -0.481 e. The molecule has 0 fully saturated rings. The zero-order chi connectivity index (χ0) is 25.7. The molecule has 0 aromatic carbocycles. The summed E-state index contributed by atoms with van der Waals surface area (Å²) in [4.78, 5) is 60.0. The largest absolute Gasteiger partial charge is 0.481 e. The highest BCUT2D eigenvalue weighted by Gasteiger charge is 2.34. The van der Waals surface area contributed by atoms with Crippen LogP contribution in [0.15, 0.2) is 0 Å². The Bertz CT molecular complexity index is 691. The fourth-order valence-electron chi connectivity index (χ4n) is 2.78. The van der Waals surface area contributed by atoms with Gasteiger partial charge in [-0.15, -0.1) is 0 Å². The Balaban J connectivity index is 5.41. The van der Waals surface area contributed by atoms with Crippen LogP contribution in [-0.2, 0) is 24.0 Å². The van der Waals surface area contributed by atoms with Crippen LogP contribution >= 0.6 is 11.8 Å². The lowest BCUT2D eigenvalue weighted by molar-refractivity contribution is -0.143. The number of amides is 3. The van der Waals surface area contributed by atoms with Crippen molar-refractivity contribution in [1.82, 2.24) is 16.0 Å². The van der Waals surface area contributed by atoms with Gasteiger partial charge in [-0.2, -0.15) is 11.8 Å². The number of aliphatic hydroxyl groups is 1. The van der Waals surface area contributed by atoms with E-state index < -0.39 is 59.9 Å². The van der Waals surface area contributed by atoms with E-state index in [0.29, 0.717) is 12.2 Å². The second-order valence-electron chi connectivity index (χ2n) is 7.82. The van der Waals surface area contributed by atoms with Crippen LogP contribution in [0.3, 0.4) is 0 Å². The Hall–Kier alpha value is -2.38. The molecule has 0 aliphatic carbocycles. The molecule has 0 bridgehead atoms. The number of carboxylic acid groups (broad SMARTS) is 2. The van der Waals surface area contributed by atoms with Gasteiger partial charge < -0.3 is 37.0 Å². The van der Waals surface area contributed by atoms with E-state index in [1.54, 1.807) is 20.1 Å². The van der Waals surface area contributed by atoms with Crippen LogP contribution in [-0.4, -0.2) is 87.3 Å². The number of aliphatic carboxylic acids is 2. The first-order valence-electron chi connectivity index (χ1n) is 10.6. The van der Waals surface area contributed by atoms with E-state index in [1.165, 1.54) is 18.7 Å². The van der Waals surface area contributed by atoms with Gasteiger partial charge in [0, 0.05) is 6.42 Å². The summed E-state index contributed by atoms with van der Waals surface area (Å²) in [5, 5.41) is 35.3. The van der Waals surface area contributed by atoms with Crippen molar-refractivity contribution >= 4 is 41.4 Å². The molecule has 0 saturated carbocycles. The zero-order valence-electron chi connectivity index (χ0n) is 19.4. The number of carbonyl (C=O) groups is 5. The Morgan fingerprint density at radius 2 is 1.45 bits per heavy atom. The number of rotatable bonds is 16. The molecule has 0 aliphatic heterocycles. The van der Waals surface area contributed by atoms with Gasteiger partial charge in [-0.1, -0.05) is 20.3 Å². The monoisotopic (exact) mass is 492 g/mol. The van der Waals surface area contributed by atoms with E-state index in [2.05, 4.69) is 16.0 Å². The number of hydrogen-bond acceptors (Lipinski definition) is 8. The molecule has 190 valence electrons. The maximum absolute atomic E-state index is 12.8. The molecule has 0 rings (SSSR count). The van der Waals surface area contributed by atoms with Crippen LogP contribution in [0.2, 0.25) is 0 Å². The minimum absolute atomic E-state index is 0.167. The average Bonchev–Trinajstić information content (AvgIpc) is 2.75. The molecule has 0 saturated heterocycles. The predicted molar refractivity (Wildman–Crippen MR) is 122 cm³/mol. The lowest BCUT2D eigenvalue weighted by atomic mass is 9.97. The fraction of sp³-hybridized carbons (Fsp3) is 0.750. The summed E-state index contributed by atoms with van der Waals surface area (Å²) in [6.07, 6.45) is 0.615. The summed E-state index contributed by atoms with van der Waals surface area (Å²) >= 11 is 1.43. The van der Waals surface area contributed by atoms with Gasteiger partial charge in [0.25, 0.3) is 0 Å². The van der Waals surface area contributed by atoms with Gasteiger partial charge in [0.2, 0.25) is 17.7 Å². The summed E-state index contributed by atoms with van der Waals surface area (Å²) in [5.74, 6) is -4.59. The van der Waals surface area contributed by atoms with E-state index in [4.69, 9.17) is 10.8 Å².